The van der Waals surface area contributed by atoms with Gasteiger partial charge in [0.15, 0.2) is 5.16 Å². The van der Waals surface area contributed by atoms with Crippen LogP contribution in [0.5, 0.6) is 5.75 Å². The van der Waals surface area contributed by atoms with Crippen LogP contribution >= 0.6 is 11.8 Å². The average Bonchev–Trinajstić information content (AvgIpc) is 3.31. The number of rotatable bonds is 13. The van der Waals surface area contributed by atoms with Gasteiger partial charge in [0, 0.05) is 19.1 Å². The summed E-state index contributed by atoms with van der Waals surface area (Å²) < 4.78 is 13.7. The van der Waals surface area contributed by atoms with Crippen molar-refractivity contribution >= 4 is 17.7 Å². The van der Waals surface area contributed by atoms with Crippen LogP contribution in [0.4, 0.5) is 0 Å². The maximum atomic E-state index is 11.8. The molecule has 0 saturated heterocycles. The van der Waals surface area contributed by atoms with E-state index in [4.69, 9.17) is 9.47 Å². The molecule has 0 aliphatic carbocycles. The number of methoxy groups -OCH3 is 1. The van der Waals surface area contributed by atoms with E-state index in [1.807, 2.05) is 48.5 Å². The molecule has 2 unspecified atom stereocenters. The number of carboxylic acids is 1. The molecule has 0 aliphatic rings. The Morgan fingerprint density at radius 2 is 1.59 bits per heavy atom. The second kappa shape index (κ2) is 13.1. The fourth-order valence-corrected chi connectivity index (χ4v) is 4.89. The van der Waals surface area contributed by atoms with Crippen LogP contribution in [0, 0.1) is 0 Å². The summed E-state index contributed by atoms with van der Waals surface area (Å²) in [6.07, 6.45) is 1.86. The first-order chi connectivity index (χ1) is 18.1. The number of carbonyl (C=O) groups is 1. The van der Waals surface area contributed by atoms with E-state index in [0.29, 0.717) is 17.9 Å². The van der Waals surface area contributed by atoms with Crippen molar-refractivity contribution in [2.45, 2.75) is 49.4 Å². The van der Waals surface area contributed by atoms with Crippen LogP contribution in [-0.2, 0) is 22.5 Å². The Morgan fingerprint density at radius 1 is 0.946 bits per heavy atom. The molecule has 0 aliphatic heterocycles. The second-order valence-electron chi connectivity index (χ2n) is 8.58. The predicted octanol–water partition coefficient (Wildman–Crippen LogP) is 6.31. The van der Waals surface area contributed by atoms with Crippen molar-refractivity contribution in [1.82, 2.24) is 14.8 Å². The normalized spacial score (nSPS) is 12.7. The Hall–Kier alpha value is -3.62. The molecule has 7 nitrogen and oxygen atoms in total. The van der Waals surface area contributed by atoms with Gasteiger partial charge in [-0.2, -0.15) is 0 Å². The maximum absolute atomic E-state index is 11.8. The Kier molecular flexibility index (Phi) is 9.35. The van der Waals surface area contributed by atoms with Crippen molar-refractivity contribution < 1.29 is 19.4 Å². The van der Waals surface area contributed by atoms with Crippen molar-refractivity contribution in [1.29, 1.82) is 0 Å². The van der Waals surface area contributed by atoms with E-state index in [0.717, 1.165) is 41.4 Å². The predicted molar refractivity (Wildman–Crippen MR) is 144 cm³/mol. The van der Waals surface area contributed by atoms with E-state index in [9.17, 15) is 9.90 Å². The number of benzene rings is 3. The summed E-state index contributed by atoms with van der Waals surface area (Å²) in [5.74, 6) is 0.392. The summed E-state index contributed by atoms with van der Waals surface area (Å²) in [5.41, 5.74) is 2.49. The number of hydrogen-bond donors (Lipinski definition) is 1. The molecule has 37 heavy (non-hydrogen) atoms. The van der Waals surface area contributed by atoms with E-state index >= 15 is 0 Å². The van der Waals surface area contributed by atoms with Crippen LogP contribution < -0.4 is 4.74 Å². The molecule has 1 heterocycles. The summed E-state index contributed by atoms with van der Waals surface area (Å²) in [7, 11) is 1.70. The van der Waals surface area contributed by atoms with Gasteiger partial charge in [-0.1, -0.05) is 86.1 Å². The van der Waals surface area contributed by atoms with E-state index in [-0.39, 0.29) is 5.44 Å². The van der Waals surface area contributed by atoms with E-state index in [1.54, 1.807) is 43.5 Å². The minimum atomic E-state index is -1.07. The number of aryl methyl sites for hydroxylation is 1. The number of carboxylic acid groups (broad SMARTS) is 1. The molecule has 3 aromatic carbocycles. The highest BCUT2D eigenvalue weighted by Crippen LogP contribution is 2.35. The first-order valence-corrected chi connectivity index (χ1v) is 13.2. The monoisotopic (exact) mass is 517 g/mol. The number of ether oxygens (including phenoxy) is 2. The molecule has 1 aromatic heterocycles. The maximum Gasteiger partial charge on any atom is 0.349 e. The summed E-state index contributed by atoms with van der Waals surface area (Å²) in [4.78, 5) is 11.8. The van der Waals surface area contributed by atoms with Crippen LogP contribution in [0.2, 0.25) is 0 Å². The fourth-order valence-electron chi connectivity index (χ4n) is 3.92. The third kappa shape index (κ3) is 6.99. The standard InChI is InChI=1S/C29H31N3O4S/c1-3-4-15-25-30-31-29(37-28(35-2)23-13-9-6-10-14-23)32(25)20-21-16-18-24(19-17-21)36-26(27(33)34)22-11-7-5-8-12-22/h5-14,16-19,26,28H,3-4,15,20H2,1-2H3,(H,33,34). The first kappa shape index (κ1) is 26.4. The second-order valence-corrected chi connectivity index (χ2v) is 9.60. The summed E-state index contributed by atoms with van der Waals surface area (Å²) in [6, 6.07) is 26.5. The van der Waals surface area contributed by atoms with Crippen molar-refractivity contribution in [3.8, 4) is 5.75 Å². The molecule has 4 rings (SSSR count). The van der Waals surface area contributed by atoms with Crippen molar-refractivity contribution in [3.05, 3.63) is 107 Å². The van der Waals surface area contributed by atoms with Gasteiger partial charge in [0.25, 0.3) is 0 Å². The molecule has 0 fully saturated rings. The minimum Gasteiger partial charge on any atom is -0.478 e. The summed E-state index contributed by atoms with van der Waals surface area (Å²) in [6.45, 7) is 2.74. The molecule has 2 atom stereocenters. The van der Waals surface area contributed by atoms with Crippen molar-refractivity contribution in [2.24, 2.45) is 0 Å². The fraction of sp³-hybridized carbons (Fsp3) is 0.276. The van der Waals surface area contributed by atoms with Crippen molar-refractivity contribution in [3.63, 3.8) is 0 Å². The molecule has 0 amide bonds. The zero-order valence-electron chi connectivity index (χ0n) is 21.0. The highest BCUT2D eigenvalue weighted by Gasteiger charge is 2.22. The number of aromatic nitrogens is 3. The number of thioether (sulfide) groups is 1. The van der Waals surface area contributed by atoms with Crippen LogP contribution in [0.15, 0.2) is 90.1 Å². The van der Waals surface area contributed by atoms with Gasteiger partial charge in [-0.3, -0.25) is 0 Å². The number of hydrogen-bond acceptors (Lipinski definition) is 6. The zero-order valence-corrected chi connectivity index (χ0v) is 21.8. The lowest BCUT2D eigenvalue weighted by molar-refractivity contribution is -0.145. The lowest BCUT2D eigenvalue weighted by Crippen LogP contribution is -2.18. The van der Waals surface area contributed by atoms with E-state index in [2.05, 4.69) is 21.7 Å². The molecule has 0 bridgehead atoms. The van der Waals surface area contributed by atoms with Gasteiger partial charge in [-0.05, 0) is 41.4 Å². The van der Waals surface area contributed by atoms with Crippen molar-refractivity contribution in [2.75, 3.05) is 7.11 Å². The number of nitrogens with zero attached hydrogens (tertiary/aromatic N) is 3. The van der Waals surface area contributed by atoms with Crippen LogP contribution in [0.3, 0.4) is 0 Å². The topological polar surface area (TPSA) is 86.5 Å². The van der Waals surface area contributed by atoms with Gasteiger partial charge >= 0.3 is 5.97 Å². The zero-order chi connectivity index (χ0) is 26.0. The molecule has 0 spiro atoms. The Bertz CT molecular complexity index is 1260. The minimum absolute atomic E-state index is 0.204. The van der Waals surface area contributed by atoms with Gasteiger partial charge in [0.05, 0.1) is 6.54 Å². The average molecular weight is 518 g/mol. The molecule has 192 valence electrons. The lowest BCUT2D eigenvalue weighted by Gasteiger charge is -2.17. The quantitative estimate of drug-likeness (QED) is 0.164. The lowest BCUT2D eigenvalue weighted by atomic mass is 10.1. The van der Waals surface area contributed by atoms with E-state index in [1.165, 1.54) is 11.8 Å². The number of unbranched alkanes of at least 4 members (excludes halogenated alkanes) is 1. The molecule has 0 radical (unpaired) electrons. The summed E-state index contributed by atoms with van der Waals surface area (Å²) in [5, 5.41) is 19.4. The molecular weight excluding hydrogens is 486 g/mol. The van der Waals surface area contributed by atoms with Gasteiger partial charge in [0.1, 0.15) is 17.0 Å². The largest absolute Gasteiger partial charge is 0.478 e. The van der Waals surface area contributed by atoms with Crippen LogP contribution in [-0.4, -0.2) is 33.0 Å². The molecular formula is C29H31N3O4S. The first-order valence-electron chi connectivity index (χ1n) is 12.3. The van der Waals surface area contributed by atoms with Gasteiger partial charge in [-0.25, -0.2) is 4.79 Å². The Balaban J connectivity index is 1.53. The smallest absolute Gasteiger partial charge is 0.349 e. The van der Waals surface area contributed by atoms with Crippen LogP contribution in [0.25, 0.3) is 0 Å². The summed E-state index contributed by atoms with van der Waals surface area (Å²) >= 11 is 1.53. The Labute approximate surface area is 221 Å². The molecule has 4 aromatic rings. The molecule has 1 N–H and O–H groups in total. The third-order valence-electron chi connectivity index (χ3n) is 5.89. The van der Waals surface area contributed by atoms with Gasteiger partial charge in [0.2, 0.25) is 6.10 Å². The molecule has 0 saturated carbocycles. The SMILES string of the molecule is CCCCc1nnc(SC(OC)c2ccccc2)n1Cc1ccc(OC(C(=O)O)c2ccccc2)cc1. The number of aliphatic carboxylic acids is 1. The Morgan fingerprint density at radius 3 is 2.19 bits per heavy atom. The van der Waals surface area contributed by atoms with Crippen LogP contribution in [0.1, 0.15) is 53.8 Å². The van der Waals surface area contributed by atoms with Gasteiger partial charge in [-0.15, -0.1) is 10.2 Å². The third-order valence-corrected chi connectivity index (χ3v) is 7.08. The highest BCUT2D eigenvalue weighted by atomic mass is 32.2. The highest BCUT2D eigenvalue weighted by molar-refractivity contribution is 7.99. The molecule has 8 heteroatoms. The van der Waals surface area contributed by atoms with E-state index < -0.39 is 12.1 Å². The van der Waals surface area contributed by atoms with Gasteiger partial charge < -0.3 is 19.1 Å².